The van der Waals surface area contributed by atoms with Gasteiger partial charge in [0.15, 0.2) is 0 Å². The Kier molecular flexibility index (Phi) is 4.60. The third-order valence-corrected chi connectivity index (χ3v) is 5.27. The first-order valence-corrected chi connectivity index (χ1v) is 9.21. The van der Waals surface area contributed by atoms with Crippen molar-refractivity contribution in [1.29, 1.82) is 0 Å². The van der Waals surface area contributed by atoms with Crippen molar-refractivity contribution in [2.45, 2.75) is 12.0 Å². The molecule has 1 aliphatic heterocycles. The molecule has 1 aliphatic rings. The van der Waals surface area contributed by atoms with Crippen molar-refractivity contribution < 1.29 is 14.7 Å². The van der Waals surface area contributed by atoms with E-state index in [0.29, 0.717) is 24.2 Å². The van der Waals surface area contributed by atoms with E-state index in [1.165, 1.54) is 6.20 Å². The van der Waals surface area contributed by atoms with Gasteiger partial charge in [-0.3, -0.25) is 14.6 Å². The molecule has 4 rings (SSSR count). The molecule has 1 aromatic carbocycles. The quantitative estimate of drug-likeness (QED) is 0.722. The molecule has 7 heteroatoms. The van der Waals surface area contributed by atoms with Crippen LogP contribution in [0.2, 0.25) is 0 Å². The number of aryl methyl sites for hydroxylation is 1. The molecule has 0 radical (unpaired) electrons. The lowest BCUT2D eigenvalue weighted by Gasteiger charge is -2.24. The molecule has 1 saturated heterocycles. The SMILES string of the molecule is Cn1cccc1C(=O)N1CCC(O)(CNC(=O)c2cncc3ccccc23)C1. The minimum absolute atomic E-state index is 0.0754. The van der Waals surface area contributed by atoms with Crippen molar-refractivity contribution >= 4 is 22.6 Å². The first-order valence-electron chi connectivity index (χ1n) is 9.21. The highest BCUT2D eigenvalue weighted by atomic mass is 16.3. The third kappa shape index (κ3) is 3.36. The van der Waals surface area contributed by atoms with Gasteiger partial charge < -0.3 is 19.9 Å². The van der Waals surface area contributed by atoms with Gasteiger partial charge in [-0.25, -0.2) is 0 Å². The van der Waals surface area contributed by atoms with E-state index in [2.05, 4.69) is 10.3 Å². The molecule has 2 amide bonds. The first-order chi connectivity index (χ1) is 13.5. The number of amides is 2. The number of carbonyl (C=O) groups is 2. The number of pyridine rings is 1. The second-order valence-corrected chi connectivity index (χ2v) is 7.30. The Hall–Kier alpha value is -3.19. The largest absolute Gasteiger partial charge is 0.386 e. The summed E-state index contributed by atoms with van der Waals surface area (Å²) < 4.78 is 1.76. The summed E-state index contributed by atoms with van der Waals surface area (Å²) in [6.45, 7) is 0.712. The van der Waals surface area contributed by atoms with Crippen LogP contribution in [0.15, 0.2) is 55.0 Å². The van der Waals surface area contributed by atoms with Gasteiger partial charge in [0.05, 0.1) is 12.1 Å². The van der Waals surface area contributed by atoms with E-state index in [1.807, 2.05) is 43.6 Å². The Bertz CT molecular complexity index is 1040. The number of nitrogens with one attached hydrogen (secondary N) is 1. The van der Waals surface area contributed by atoms with Crippen LogP contribution in [0.1, 0.15) is 27.3 Å². The van der Waals surface area contributed by atoms with Crippen LogP contribution in [0, 0.1) is 0 Å². The molecule has 3 heterocycles. The normalized spacial score (nSPS) is 19.1. The van der Waals surface area contributed by atoms with Crippen molar-refractivity contribution in [2.75, 3.05) is 19.6 Å². The fraction of sp³-hybridized carbons (Fsp3) is 0.286. The highest BCUT2D eigenvalue weighted by molar-refractivity contribution is 6.06. The second kappa shape index (κ2) is 7.09. The fourth-order valence-electron chi connectivity index (χ4n) is 3.66. The lowest BCUT2D eigenvalue weighted by atomic mass is 10.0. The Morgan fingerprint density at radius 1 is 1.21 bits per heavy atom. The summed E-state index contributed by atoms with van der Waals surface area (Å²) in [7, 11) is 1.81. The van der Waals surface area contributed by atoms with E-state index in [1.54, 1.807) is 21.7 Å². The molecule has 28 heavy (non-hydrogen) atoms. The number of rotatable bonds is 4. The molecule has 0 bridgehead atoms. The van der Waals surface area contributed by atoms with E-state index in [9.17, 15) is 14.7 Å². The van der Waals surface area contributed by atoms with E-state index < -0.39 is 5.60 Å². The minimum atomic E-state index is -1.14. The Labute approximate surface area is 162 Å². The van der Waals surface area contributed by atoms with Crippen LogP contribution < -0.4 is 5.32 Å². The second-order valence-electron chi connectivity index (χ2n) is 7.30. The molecular weight excluding hydrogens is 356 g/mol. The van der Waals surface area contributed by atoms with Crippen molar-refractivity contribution in [1.82, 2.24) is 19.8 Å². The zero-order valence-corrected chi connectivity index (χ0v) is 15.6. The summed E-state index contributed by atoms with van der Waals surface area (Å²) in [4.78, 5) is 31.0. The number of nitrogens with zero attached hydrogens (tertiary/aromatic N) is 3. The van der Waals surface area contributed by atoms with E-state index in [4.69, 9.17) is 0 Å². The Balaban J connectivity index is 1.43. The van der Waals surface area contributed by atoms with E-state index in [0.717, 1.165) is 10.8 Å². The molecule has 144 valence electrons. The van der Waals surface area contributed by atoms with Crippen LogP contribution in [0.3, 0.4) is 0 Å². The Morgan fingerprint density at radius 2 is 2.04 bits per heavy atom. The van der Waals surface area contributed by atoms with Gasteiger partial charge in [0.2, 0.25) is 0 Å². The molecule has 0 saturated carbocycles. The van der Waals surface area contributed by atoms with Gasteiger partial charge in [-0.2, -0.15) is 0 Å². The predicted molar refractivity (Wildman–Crippen MR) is 105 cm³/mol. The number of β-amino-alcohol motifs (C(OH)–C–C–N with tert-alkyl or cyclic N) is 1. The molecular formula is C21H22N4O3. The minimum Gasteiger partial charge on any atom is -0.386 e. The number of aromatic nitrogens is 2. The maximum Gasteiger partial charge on any atom is 0.270 e. The molecule has 1 fully saturated rings. The first kappa shape index (κ1) is 18.2. The molecule has 2 aromatic heterocycles. The lowest BCUT2D eigenvalue weighted by molar-refractivity contribution is 0.0424. The van der Waals surface area contributed by atoms with Crippen molar-refractivity contribution in [3.63, 3.8) is 0 Å². The van der Waals surface area contributed by atoms with Gasteiger partial charge in [0, 0.05) is 44.1 Å². The number of hydrogen-bond acceptors (Lipinski definition) is 4. The molecule has 1 unspecified atom stereocenters. The number of aliphatic hydroxyl groups is 1. The number of likely N-dealkylation sites (tertiary alicyclic amines) is 1. The zero-order chi connectivity index (χ0) is 19.7. The van der Waals surface area contributed by atoms with Crippen LogP contribution in [0.25, 0.3) is 10.8 Å². The summed E-state index contributed by atoms with van der Waals surface area (Å²) in [6.07, 6.45) is 5.47. The van der Waals surface area contributed by atoms with Crippen molar-refractivity contribution in [3.05, 3.63) is 66.2 Å². The number of benzene rings is 1. The van der Waals surface area contributed by atoms with Gasteiger partial charge in [0.25, 0.3) is 11.8 Å². The van der Waals surface area contributed by atoms with Crippen LogP contribution in [-0.2, 0) is 7.05 Å². The highest BCUT2D eigenvalue weighted by Crippen LogP contribution is 2.23. The number of fused-ring (bicyclic) bond motifs is 1. The smallest absolute Gasteiger partial charge is 0.270 e. The zero-order valence-electron chi connectivity index (χ0n) is 15.6. The van der Waals surface area contributed by atoms with Gasteiger partial charge in [-0.1, -0.05) is 24.3 Å². The Morgan fingerprint density at radius 3 is 2.82 bits per heavy atom. The summed E-state index contributed by atoms with van der Waals surface area (Å²) in [5, 5.41) is 15.4. The third-order valence-electron chi connectivity index (χ3n) is 5.27. The lowest BCUT2D eigenvalue weighted by Crippen LogP contribution is -2.45. The molecule has 2 N–H and O–H groups in total. The standard InChI is InChI=1S/C21H22N4O3/c1-24-9-4-7-18(24)20(27)25-10-8-21(28,14-25)13-23-19(26)17-12-22-11-15-5-2-3-6-16(15)17/h2-7,9,11-12,28H,8,10,13-14H2,1H3,(H,23,26). The summed E-state index contributed by atoms with van der Waals surface area (Å²) >= 11 is 0. The van der Waals surface area contributed by atoms with Crippen LogP contribution in [0.4, 0.5) is 0 Å². The van der Waals surface area contributed by atoms with Gasteiger partial charge in [-0.05, 0) is 23.9 Å². The van der Waals surface area contributed by atoms with Gasteiger partial charge >= 0.3 is 0 Å². The highest BCUT2D eigenvalue weighted by Gasteiger charge is 2.39. The summed E-state index contributed by atoms with van der Waals surface area (Å²) in [6, 6.07) is 11.1. The predicted octanol–water partition coefficient (Wildman–Crippen LogP) is 1.58. The van der Waals surface area contributed by atoms with E-state index >= 15 is 0 Å². The van der Waals surface area contributed by atoms with Crippen molar-refractivity contribution in [2.24, 2.45) is 7.05 Å². The van der Waals surface area contributed by atoms with Gasteiger partial charge in [0.1, 0.15) is 11.3 Å². The van der Waals surface area contributed by atoms with Crippen LogP contribution in [0.5, 0.6) is 0 Å². The summed E-state index contributed by atoms with van der Waals surface area (Å²) in [5.41, 5.74) is -0.0966. The monoisotopic (exact) mass is 378 g/mol. The van der Waals surface area contributed by atoms with Crippen molar-refractivity contribution in [3.8, 4) is 0 Å². The average molecular weight is 378 g/mol. The van der Waals surface area contributed by atoms with E-state index in [-0.39, 0.29) is 24.9 Å². The maximum absolute atomic E-state index is 12.7. The average Bonchev–Trinajstić information content (AvgIpc) is 3.31. The van der Waals surface area contributed by atoms with Gasteiger partial charge in [-0.15, -0.1) is 0 Å². The molecule has 0 aliphatic carbocycles. The molecule has 1 atom stereocenters. The molecule has 0 spiro atoms. The fourth-order valence-corrected chi connectivity index (χ4v) is 3.66. The van der Waals surface area contributed by atoms with Crippen LogP contribution >= 0.6 is 0 Å². The maximum atomic E-state index is 12.7. The molecule has 3 aromatic rings. The number of carbonyl (C=O) groups excluding carboxylic acids is 2. The molecule has 7 nitrogen and oxygen atoms in total. The topological polar surface area (TPSA) is 87.5 Å². The summed E-state index contributed by atoms with van der Waals surface area (Å²) in [5.74, 6) is -0.405. The van der Waals surface area contributed by atoms with Crippen LogP contribution in [-0.4, -0.2) is 56.6 Å². The number of hydrogen-bond donors (Lipinski definition) is 2.